The Kier molecular flexibility index (Phi) is 22.9. The van der Waals surface area contributed by atoms with Crippen molar-refractivity contribution in [2.75, 3.05) is 46.1 Å². The van der Waals surface area contributed by atoms with Gasteiger partial charge in [-0.3, -0.25) is 19.6 Å². The Bertz CT molecular complexity index is 931. The Hall–Kier alpha value is -2.64. The molecule has 0 aromatic rings. The molecule has 280 valence electrons. The predicted octanol–water partition coefficient (Wildman–Crippen LogP) is -0.173. The molecule has 1 heterocycles. The maximum atomic E-state index is 12.2. The summed E-state index contributed by atoms with van der Waals surface area (Å²) < 4.78 is 16.4. The fourth-order valence-electron chi connectivity index (χ4n) is 5.61. The summed E-state index contributed by atoms with van der Waals surface area (Å²) in [6.07, 6.45) is 1.39. The Morgan fingerprint density at radius 3 is 2.02 bits per heavy atom. The number of aliphatic hydroxyl groups is 4. The lowest BCUT2D eigenvalue weighted by Crippen LogP contribution is -2.64. The van der Waals surface area contributed by atoms with Crippen molar-refractivity contribution in [3.05, 3.63) is 0 Å². The lowest BCUT2D eigenvalue weighted by molar-refractivity contribution is -0.270. The van der Waals surface area contributed by atoms with Crippen LogP contribution in [-0.4, -0.2) is 132 Å². The highest BCUT2D eigenvalue weighted by Crippen LogP contribution is 2.26. The van der Waals surface area contributed by atoms with Crippen LogP contribution < -0.4 is 21.3 Å². The summed E-state index contributed by atoms with van der Waals surface area (Å²) >= 11 is 0. The van der Waals surface area contributed by atoms with Gasteiger partial charge in [0.05, 0.1) is 26.4 Å². The minimum absolute atomic E-state index is 0.0161. The van der Waals surface area contributed by atoms with Crippen molar-refractivity contribution in [2.24, 2.45) is 0 Å². The van der Waals surface area contributed by atoms with Crippen LogP contribution in [0.1, 0.15) is 90.9 Å². The lowest BCUT2D eigenvalue weighted by Gasteiger charge is -2.42. The zero-order valence-corrected chi connectivity index (χ0v) is 28.3. The molecule has 0 saturated carbocycles. The monoisotopic (exact) mass is 694 g/mol. The van der Waals surface area contributed by atoms with Gasteiger partial charge in [-0.2, -0.15) is 0 Å². The standard InChI is InChI=1S/C31H58N4O13/c1-22(38)34-26-28(42)27(41)24(21-37)48-29(26)45-18-7-11-25(40)32-15-5-3-4-6-16-33-30(43)46-19-9-13-31(12-8-17-36,35-23(2)39)14-10-20-47-44/h24,26-29,36-37,41-42,44H,3-21H2,1-2H3,(H,32,40)(H,33,43)(H,34,38)(H,35,39). The highest BCUT2D eigenvalue weighted by Gasteiger charge is 2.45. The summed E-state index contributed by atoms with van der Waals surface area (Å²) in [4.78, 5) is 51.7. The third-order valence-corrected chi connectivity index (χ3v) is 7.95. The van der Waals surface area contributed by atoms with Crippen LogP contribution >= 0.6 is 0 Å². The van der Waals surface area contributed by atoms with E-state index in [1.165, 1.54) is 13.8 Å². The fourth-order valence-corrected chi connectivity index (χ4v) is 5.61. The van der Waals surface area contributed by atoms with Gasteiger partial charge in [-0.25, -0.2) is 9.68 Å². The van der Waals surface area contributed by atoms with Crippen molar-refractivity contribution in [2.45, 2.75) is 127 Å². The van der Waals surface area contributed by atoms with Gasteiger partial charge < -0.3 is 55.9 Å². The summed E-state index contributed by atoms with van der Waals surface area (Å²) in [5.74, 6) is -0.805. The maximum Gasteiger partial charge on any atom is 0.407 e. The largest absolute Gasteiger partial charge is 0.450 e. The molecule has 1 fully saturated rings. The van der Waals surface area contributed by atoms with Crippen molar-refractivity contribution in [1.82, 2.24) is 21.3 Å². The molecule has 6 atom stereocenters. The Labute approximate surface area is 282 Å². The number of nitrogens with one attached hydrogen (secondary N) is 4. The molecule has 1 aliphatic rings. The van der Waals surface area contributed by atoms with Crippen molar-refractivity contribution in [1.29, 1.82) is 0 Å². The average Bonchev–Trinajstić information content (AvgIpc) is 3.04. The molecule has 48 heavy (non-hydrogen) atoms. The van der Waals surface area contributed by atoms with Gasteiger partial charge >= 0.3 is 6.09 Å². The van der Waals surface area contributed by atoms with E-state index in [4.69, 9.17) is 19.5 Å². The minimum Gasteiger partial charge on any atom is -0.450 e. The van der Waals surface area contributed by atoms with Crippen molar-refractivity contribution in [3.63, 3.8) is 0 Å². The second kappa shape index (κ2) is 25.3. The van der Waals surface area contributed by atoms with E-state index in [2.05, 4.69) is 26.2 Å². The molecule has 1 saturated heterocycles. The summed E-state index contributed by atoms with van der Waals surface area (Å²) in [6.45, 7) is 3.44. The molecule has 0 aromatic carbocycles. The molecule has 0 aliphatic carbocycles. The second-order valence-corrected chi connectivity index (χ2v) is 12.1. The minimum atomic E-state index is -1.40. The smallest absolute Gasteiger partial charge is 0.407 e. The van der Waals surface area contributed by atoms with Crippen LogP contribution in [0.15, 0.2) is 0 Å². The third-order valence-electron chi connectivity index (χ3n) is 7.95. The van der Waals surface area contributed by atoms with E-state index < -0.39 is 54.8 Å². The van der Waals surface area contributed by atoms with E-state index in [-0.39, 0.29) is 44.7 Å². The van der Waals surface area contributed by atoms with Crippen LogP contribution in [0.25, 0.3) is 0 Å². The van der Waals surface area contributed by atoms with Crippen LogP contribution in [0.3, 0.4) is 0 Å². The van der Waals surface area contributed by atoms with Gasteiger partial charge in [0.15, 0.2) is 6.29 Å². The number of ether oxygens (including phenoxy) is 3. The van der Waals surface area contributed by atoms with Gasteiger partial charge in [-0.15, -0.1) is 0 Å². The number of hydrogen-bond acceptors (Lipinski definition) is 13. The number of carbonyl (C=O) groups is 4. The molecule has 17 heteroatoms. The van der Waals surface area contributed by atoms with Crippen molar-refractivity contribution >= 4 is 23.8 Å². The zero-order chi connectivity index (χ0) is 35.8. The first kappa shape index (κ1) is 43.4. The molecule has 1 aliphatic heterocycles. The Morgan fingerprint density at radius 1 is 0.771 bits per heavy atom. The predicted molar refractivity (Wildman–Crippen MR) is 171 cm³/mol. The summed E-state index contributed by atoms with van der Waals surface area (Å²) in [5.41, 5.74) is -0.590. The Balaban J connectivity index is 2.17. The topological polar surface area (TPSA) is 254 Å². The first-order valence-corrected chi connectivity index (χ1v) is 16.8. The van der Waals surface area contributed by atoms with Crippen LogP contribution in [0.4, 0.5) is 4.79 Å². The summed E-state index contributed by atoms with van der Waals surface area (Å²) in [7, 11) is 0. The number of hydrogen-bond donors (Lipinski definition) is 9. The van der Waals surface area contributed by atoms with Gasteiger partial charge in [0, 0.05) is 45.5 Å². The van der Waals surface area contributed by atoms with Gasteiger partial charge in [0.1, 0.15) is 24.4 Å². The van der Waals surface area contributed by atoms with E-state index in [1.54, 1.807) is 0 Å². The van der Waals surface area contributed by atoms with Crippen molar-refractivity contribution in [3.8, 4) is 0 Å². The molecule has 0 aromatic heterocycles. The molecule has 1 rings (SSSR count). The molecular weight excluding hydrogens is 636 g/mol. The summed E-state index contributed by atoms with van der Waals surface area (Å²) in [6, 6.07) is -1.03. The average molecular weight is 695 g/mol. The highest BCUT2D eigenvalue weighted by atomic mass is 17.1. The second-order valence-electron chi connectivity index (χ2n) is 12.1. The Morgan fingerprint density at radius 2 is 1.42 bits per heavy atom. The first-order valence-electron chi connectivity index (χ1n) is 16.8. The highest BCUT2D eigenvalue weighted by molar-refractivity contribution is 5.75. The normalized spacial score (nSPS) is 21.9. The number of amides is 4. The van der Waals surface area contributed by atoms with Gasteiger partial charge in [0.25, 0.3) is 0 Å². The molecule has 0 spiro atoms. The van der Waals surface area contributed by atoms with E-state index in [1.807, 2.05) is 0 Å². The van der Waals surface area contributed by atoms with E-state index in [0.29, 0.717) is 58.0 Å². The molecule has 17 nitrogen and oxygen atoms in total. The maximum absolute atomic E-state index is 12.2. The number of unbranched alkanes of at least 4 members (excludes halogenated alkanes) is 3. The van der Waals surface area contributed by atoms with E-state index in [9.17, 15) is 39.6 Å². The molecule has 0 bridgehead atoms. The SMILES string of the molecule is CC(=O)NC1C(OCCCC(=O)NCCCCCCNC(=O)OCCCC(CCCO)(CCCOO)NC(C)=O)OC(CO)C(O)C1O. The molecule has 0 radical (unpaired) electrons. The summed E-state index contributed by atoms with van der Waals surface area (Å²) in [5, 5.41) is 58.6. The van der Waals surface area contributed by atoms with Crippen LogP contribution in [0, 0.1) is 0 Å². The van der Waals surface area contributed by atoms with E-state index >= 15 is 0 Å². The molecular formula is C31H58N4O13. The number of aliphatic hydroxyl groups excluding tert-OH is 4. The fraction of sp³-hybridized carbons (Fsp3) is 0.871. The van der Waals surface area contributed by atoms with Crippen LogP contribution in [0.5, 0.6) is 0 Å². The molecule has 4 amide bonds. The van der Waals surface area contributed by atoms with Crippen molar-refractivity contribution < 1.29 is 64.0 Å². The lowest BCUT2D eigenvalue weighted by atomic mass is 9.84. The number of rotatable bonds is 26. The van der Waals surface area contributed by atoms with E-state index in [0.717, 1.165) is 25.7 Å². The van der Waals surface area contributed by atoms with Crippen LogP contribution in [-0.2, 0) is 33.5 Å². The number of alkyl carbamates (subject to hydrolysis) is 1. The van der Waals surface area contributed by atoms with Gasteiger partial charge in [-0.1, -0.05) is 12.8 Å². The van der Waals surface area contributed by atoms with Gasteiger partial charge in [-0.05, 0) is 57.8 Å². The number of carbonyl (C=O) groups excluding carboxylic acids is 4. The zero-order valence-electron chi connectivity index (χ0n) is 28.3. The third kappa shape index (κ3) is 18.2. The first-order chi connectivity index (χ1) is 23.0. The molecule has 6 unspecified atom stereocenters. The van der Waals surface area contributed by atoms with Gasteiger partial charge in [0.2, 0.25) is 17.7 Å². The molecule has 9 N–H and O–H groups in total. The quantitative estimate of drug-likeness (QED) is 0.0324. The van der Waals surface area contributed by atoms with Crippen LogP contribution in [0.2, 0.25) is 0 Å².